The Balaban J connectivity index is 1.28. The molecule has 14 heteroatoms. The first kappa shape index (κ1) is 25.9. The van der Waals surface area contributed by atoms with Gasteiger partial charge in [-0.2, -0.15) is 18.9 Å². The molecule has 4 aromatic heterocycles. The zero-order valence-corrected chi connectivity index (χ0v) is 22.1. The first-order valence-electron chi connectivity index (χ1n) is 12.9. The minimum atomic E-state index is -3.09. The monoisotopic (exact) mass is 554 g/mol. The van der Waals surface area contributed by atoms with Crippen molar-refractivity contribution in [3.05, 3.63) is 36.3 Å². The number of fused-ring (bicyclic) bond motifs is 1. The number of aromatic nitrogens is 6. The maximum absolute atomic E-state index is 14.4. The molecule has 0 radical (unpaired) electrons. The molecule has 1 atom stereocenters. The largest absolute Gasteiger partial charge is 0.491 e. The Morgan fingerprint density at radius 3 is 2.73 bits per heavy atom. The van der Waals surface area contributed by atoms with Gasteiger partial charge in [-0.1, -0.05) is 0 Å². The van der Waals surface area contributed by atoms with E-state index in [2.05, 4.69) is 30.7 Å². The van der Waals surface area contributed by atoms with Crippen LogP contribution < -0.4 is 20.1 Å². The number of carbonyl (C=O) groups excluding carboxylic acids is 1. The molecule has 1 amide bonds. The van der Waals surface area contributed by atoms with Crippen LogP contribution in [0.25, 0.3) is 11.2 Å². The topological polar surface area (TPSA) is 130 Å². The number of anilines is 3. The maximum Gasteiger partial charge on any atom is 0.286 e. The summed E-state index contributed by atoms with van der Waals surface area (Å²) in [7, 11) is 3.23. The van der Waals surface area contributed by atoms with Crippen molar-refractivity contribution in [3.8, 4) is 17.2 Å². The van der Waals surface area contributed by atoms with E-state index in [1.165, 1.54) is 30.3 Å². The Labute approximate surface area is 227 Å². The Bertz CT molecular complexity index is 1570. The average molecular weight is 555 g/mol. The van der Waals surface area contributed by atoms with Gasteiger partial charge in [0.2, 0.25) is 11.9 Å². The molecule has 0 spiro atoms. The van der Waals surface area contributed by atoms with Gasteiger partial charge in [-0.15, -0.1) is 0 Å². The van der Waals surface area contributed by atoms with E-state index < -0.39 is 5.92 Å². The standard InChI is InChI=1S/C26H28F2N8O4/c1-26(27,28)18-11-20(34-36(18)15-7-9-39-13-15)32-25-33-23-21(35(25)2)22(38-3)17(12-30-23)40-16-6-8-29-19(10-16)31-24(37)14-4-5-14/h6,8,10-12,14-15H,4-5,7,9,13H2,1-3H3,(H,29,31,37)(H,30,32,33,34)/t15-/m1/s1. The molecule has 4 aromatic rings. The van der Waals surface area contributed by atoms with E-state index in [0.29, 0.717) is 59.8 Å². The number of amides is 1. The van der Waals surface area contributed by atoms with Crippen molar-refractivity contribution >= 4 is 34.7 Å². The number of methoxy groups -OCH3 is 1. The Kier molecular flexibility index (Phi) is 6.49. The summed E-state index contributed by atoms with van der Waals surface area (Å²) >= 11 is 0. The van der Waals surface area contributed by atoms with Crippen molar-refractivity contribution in [2.75, 3.05) is 31.0 Å². The zero-order chi connectivity index (χ0) is 28.0. The second-order valence-electron chi connectivity index (χ2n) is 9.95. The number of hydrogen-bond donors (Lipinski definition) is 2. The SMILES string of the molecule is COc1c(Oc2ccnc(NC(=O)C3CC3)c2)cnc2nc(Nc3cc(C(C)(F)F)n([C@@H]4CCOC4)n3)n(C)c12. The van der Waals surface area contributed by atoms with Gasteiger partial charge >= 0.3 is 0 Å². The third kappa shape index (κ3) is 5.01. The summed E-state index contributed by atoms with van der Waals surface area (Å²) in [5.74, 6) is -1.08. The molecule has 5 heterocycles. The normalized spacial score (nSPS) is 17.3. The van der Waals surface area contributed by atoms with Crippen molar-refractivity contribution in [2.24, 2.45) is 13.0 Å². The fourth-order valence-electron chi connectivity index (χ4n) is 4.64. The summed E-state index contributed by atoms with van der Waals surface area (Å²) < 4.78 is 48.9. The number of imidazole rings is 1. The fourth-order valence-corrected chi connectivity index (χ4v) is 4.64. The Hall–Kier alpha value is -4.33. The van der Waals surface area contributed by atoms with Crippen LogP contribution in [0.4, 0.5) is 26.4 Å². The third-order valence-corrected chi connectivity index (χ3v) is 6.86. The summed E-state index contributed by atoms with van der Waals surface area (Å²) in [4.78, 5) is 25.2. The second-order valence-corrected chi connectivity index (χ2v) is 9.95. The molecule has 1 saturated carbocycles. The predicted molar refractivity (Wildman–Crippen MR) is 140 cm³/mol. The summed E-state index contributed by atoms with van der Waals surface area (Å²) in [6, 6.07) is 4.32. The van der Waals surface area contributed by atoms with Crippen LogP contribution in [0.1, 0.15) is 37.9 Å². The molecule has 1 saturated heterocycles. The van der Waals surface area contributed by atoms with Gasteiger partial charge < -0.3 is 29.4 Å². The molecule has 0 bridgehead atoms. The third-order valence-electron chi connectivity index (χ3n) is 6.86. The predicted octanol–water partition coefficient (Wildman–Crippen LogP) is 4.53. The highest BCUT2D eigenvalue weighted by Crippen LogP contribution is 2.39. The highest BCUT2D eigenvalue weighted by atomic mass is 19.3. The van der Waals surface area contributed by atoms with Crippen LogP contribution in [0.3, 0.4) is 0 Å². The minimum absolute atomic E-state index is 0.0428. The molecule has 210 valence electrons. The van der Waals surface area contributed by atoms with Crippen molar-refractivity contribution in [1.82, 2.24) is 29.3 Å². The number of rotatable bonds is 9. The number of carbonyl (C=O) groups is 1. The number of ether oxygens (including phenoxy) is 3. The van der Waals surface area contributed by atoms with Gasteiger partial charge in [0.25, 0.3) is 5.92 Å². The number of nitrogens with zero attached hydrogens (tertiary/aromatic N) is 6. The zero-order valence-electron chi connectivity index (χ0n) is 22.1. The van der Waals surface area contributed by atoms with E-state index in [4.69, 9.17) is 14.2 Å². The van der Waals surface area contributed by atoms with Gasteiger partial charge in [0, 0.05) is 44.8 Å². The number of nitrogens with one attached hydrogen (secondary N) is 2. The molecule has 6 rings (SSSR count). The minimum Gasteiger partial charge on any atom is -0.491 e. The van der Waals surface area contributed by atoms with Crippen LogP contribution >= 0.6 is 0 Å². The van der Waals surface area contributed by atoms with Crippen molar-refractivity contribution < 1.29 is 27.8 Å². The molecule has 1 aliphatic heterocycles. The number of alkyl halides is 2. The molecule has 2 fully saturated rings. The number of aryl methyl sites for hydroxylation is 1. The van der Waals surface area contributed by atoms with E-state index >= 15 is 0 Å². The fraction of sp³-hybridized carbons (Fsp3) is 0.423. The molecule has 40 heavy (non-hydrogen) atoms. The molecular formula is C26H28F2N8O4. The first-order valence-corrected chi connectivity index (χ1v) is 12.9. The highest BCUT2D eigenvalue weighted by Gasteiger charge is 2.34. The van der Waals surface area contributed by atoms with E-state index in [0.717, 1.165) is 19.8 Å². The summed E-state index contributed by atoms with van der Waals surface area (Å²) in [5, 5.41) is 10.2. The lowest BCUT2D eigenvalue weighted by atomic mass is 10.2. The van der Waals surface area contributed by atoms with Crippen LogP contribution in [0, 0.1) is 5.92 Å². The van der Waals surface area contributed by atoms with E-state index in [9.17, 15) is 13.6 Å². The lowest BCUT2D eigenvalue weighted by Crippen LogP contribution is -2.20. The van der Waals surface area contributed by atoms with Gasteiger partial charge in [0.05, 0.1) is 26.0 Å². The molecular weight excluding hydrogens is 526 g/mol. The number of hydrogen-bond acceptors (Lipinski definition) is 9. The molecule has 1 aliphatic carbocycles. The van der Waals surface area contributed by atoms with E-state index in [1.807, 2.05) is 0 Å². The van der Waals surface area contributed by atoms with Crippen LogP contribution in [-0.2, 0) is 22.5 Å². The lowest BCUT2D eigenvalue weighted by Gasteiger charge is -2.16. The quantitative estimate of drug-likeness (QED) is 0.307. The number of pyridine rings is 2. The van der Waals surface area contributed by atoms with E-state index in [-0.39, 0.29) is 29.4 Å². The van der Waals surface area contributed by atoms with Crippen LogP contribution in [-0.4, -0.2) is 55.5 Å². The molecule has 0 aromatic carbocycles. The van der Waals surface area contributed by atoms with Gasteiger partial charge in [0.15, 0.2) is 23.0 Å². The van der Waals surface area contributed by atoms with Gasteiger partial charge in [-0.3, -0.25) is 9.48 Å². The highest BCUT2D eigenvalue weighted by molar-refractivity contribution is 5.93. The average Bonchev–Trinajstić information content (AvgIpc) is 3.31. The molecule has 0 unspecified atom stereocenters. The van der Waals surface area contributed by atoms with Crippen LogP contribution in [0.2, 0.25) is 0 Å². The maximum atomic E-state index is 14.4. The smallest absolute Gasteiger partial charge is 0.286 e. The molecule has 12 nitrogen and oxygen atoms in total. The van der Waals surface area contributed by atoms with Gasteiger partial charge in [-0.25, -0.2) is 9.97 Å². The van der Waals surface area contributed by atoms with Crippen molar-refractivity contribution in [1.29, 1.82) is 0 Å². The molecule has 2 N–H and O–H groups in total. The number of halogens is 2. The second kappa shape index (κ2) is 10.0. The van der Waals surface area contributed by atoms with Crippen molar-refractivity contribution in [3.63, 3.8) is 0 Å². The Morgan fingerprint density at radius 2 is 2.02 bits per heavy atom. The van der Waals surface area contributed by atoms with Gasteiger partial charge in [-0.05, 0) is 25.3 Å². The van der Waals surface area contributed by atoms with Crippen molar-refractivity contribution in [2.45, 2.75) is 38.2 Å². The van der Waals surface area contributed by atoms with E-state index in [1.54, 1.807) is 23.7 Å². The Morgan fingerprint density at radius 1 is 1.20 bits per heavy atom. The summed E-state index contributed by atoms with van der Waals surface area (Å²) in [6.07, 6.45) is 5.39. The van der Waals surface area contributed by atoms with Crippen LogP contribution in [0.5, 0.6) is 17.2 Å². The lowest BCUT2D eigenvalue weighted by molar-refractivity contribution is -0.117. The summed E-state index contributed by atoms with van der Waals surface area (Å²) in [5.41, 5.74) is 0.662. The molecule has 2 aliphatic rings. The summed E-state index contributed by atoms with van der Waals surface area (Å²) in [6.45, 7) is 1.67. The van der Waals surface area contributed by atoms with Crippen LogP contribution in [0.15, 0.2) is 30.6 Å². The first-order chi connectivity index (χ1) is 19.2. The van der Waals surface area contributed by atoms with Gasteiger partial charge in [0.1, 0.15) is 22.8 Å².